The van der Waals surface area contributed by atoms with E-state index in [0.29, 0.717) is 17.0 Å². The van der Waals surface area contributed by atoms with E-state index in [2.05, 4.69) is 33.3 Å². The zero-order valence-corrected chi connectivity index (χ0v) is 21.9. The second-order valence-electron chi connectivity index (χ2n) is 9.31. The minimum absolute atomic E-state index is 0.0248. The summed E-state index contributed by atoms with van der Waals surface area (Å²) >= 11 is 0. The van der Waals surface area contributed by atoms with E-state index in [4.69, 9.17) is 38.5 Å². The average Bonchev–Trinajstić information content (AvgIpc) is 3.62. The number of terminal acetylenes is 6. The van der Waals surface area contributed by atoms with E-state index >= 15 is 0 Å². The normalized spacial score (nSPS) is 30.6. The Morgan fingerprint density at radius 2 is 0.750 bits per heavy atom. The van der Waals surface area contributed by atoms with Crippen LogP contribution in [-0.4, -0.2) is 41.8 Å². The van der Waals surface area contributed by atoms with E-state index in [1.807, 2.05) is 11.3 Å². The minimum Gasteiger partial charge on any atom is -0.126 e. The SMILES string of the molecule is C#C[Si]1(C#C)C[Si](C#C)(C#C)C[Si](C#C)(C#C)C1.C1CC1[SiH]1C[SiH](C2CC2)C1. The van der Waals surface area contributed by atoms with Crippen LogP contribution in [0.2, 0.25) is 39.4 Å². The van der Waals surface area contributed by atoms with Crippen molar-refractivity contribution in [3.05, 3.63) is 0 Å². The zero-order chi connectivity index (χ0) is 20.4. The van der Waals surface area contributed by atoms with Gasteiger partial charge in [-0.2, -0.15) is 0 Å². The van der Waals surface area contributed by atoms with Crippen LogP contribution < -0.4 is 0 Å². The highest BCUT2D eigenvalue weighted by Gasteiger charge is 2.56. The molecule has 5 heteroatoms. The number of hydrogen-bond donors (Lipinski definition) is 0. The van der Waals surface area contributed by atoms with Gasteiger partial charge in [-0.05, 0) is 28.1 Å². The predicted octanol–water partition coefficient (Wildman–Crippen LogP) is 2.86. The minimum atomic E-state index is -2.38. The number of hydrogen-bond acceptors (Lipinski definition) is 0. The Morgan fingerprint density at radius 3 is 0.929 bits per heavy atom. The molecule has 0 unspecified atom stereocenters. The molecule has 0 atom stereocenters. The Kier molecular flexibility index (Phi) is 6.09. The molecule has 0 nitrogen and oxygen atoms in total. The molecule has 0 N–H and O–H groups in total. The van der Waals surface area contributed by atoms with Gasteiger partial charge in [-0.1, -0.05) is 37.0 Å². The van der Waals surface area contributed by atoms with Crippen molar-refractivity contribution < 1.29 is 0 Å². The van der Waals surface area contributed by atoms with Crippen molar-refractivity contribution in [2.45, 2.75) is 65.1 Å². The Balaban J connectivity index is 0.000000185. The predicted molar refractivity (Wildman–Crippen MR) is 135 cm³/mol. The molecule has 4 aliphatic rings. The summed E-state index contributed by atoms with van der Waals surface area (Å²) in [6, 6.07) is 0. The first-order chi connectivity index (χ1) is 13.4. The first-order valence-electron chi connectivity index (χ1n) is 10.3. The summed E-state index contributed by atoms with van der Waals surface area (Å²) in [5.74, 6) is 0. The van der Waals surface area contributed by atoms with Gasteiger partial charge >= 0.3 is 0 Å². The molecule has 2 saturated heterocycles. The highest BCUT2D eigenvalue weighted by atomic mass is 28.5. The lowest BCUT2D eigenvalue weighted by Crippen LogP contribution is -2.60. The molecular formula is C23H28Si5. The van der Waals surface area contributed by atoms with Gasteiger partial charge in [0.25, 0.3) is 0 Å². The Hall–Kier alpha value is -1.56. The van der Waals surface area contributed by atoms with E-state index in [9.17, 15) is 0 Å². The van der Waals surface area contributed by atoms with Crippen LogP contribution in [0.5, 0.6) is 0 Å². The van der Waals surface area contributed by atoms with Gasteiger partial charge in [0.15, 0.2) is 0 Å². The van der Waals surface area contributed by atoms with Crippen LogP contribution in [0.15, 0.2) is 0 Å². The molecule has 2 aliphatic carbocycles. The molecule has 2 saturated carbocycles. The fourth-order valence-corrected chi connectivity index (χ4v) is 41.6. The second-order valence-corrected chi connectivity index (χ2v) is 30.5. The largest absolute Gasteiger partial charge is 0.214 e. The molecule has 2 heterocycles. The summed E-state index contributed by atoms with van der Waals surface area (Å²) < 4.78 is 0. The van der Waals surface area contributed by atoms with Gasteiger partial charge < -0.3 is 0 Å². The molecule has 4 rings (SSSR count). The van der Waals surface area contributed by atoms with Gasteiger partial charge in [-0.25, -0.2) is 0 Å². The highest BCUT2D eigenvalue weighted by molar-refractivity contribution is 7.25. The average molecular weight is 445 g/mol. The maximum absolute atomic E-state index is 5.65. The van der Waals surface area contributed by atoms with Crippen molar-refractivity contribution >= 4 is 41.8 Å². The van der Waals surface area contributed by atoms with Crippen LogP contribution in [0.1, 0.15) is 25.7 Å². The number of rotatable bonds is 2. The second kappa shape index (κ2) is 8.06. The van der Waals surface area contributed by atoms with Crippen LogP contribution in [-0.2, 0) is 0 Å². The van der Waals surface area contributed by atoms with Crippen LogP contribution in [0.3, 0.4) is 0 Å². The van der Waals surface area contributed by atoms with E-state index in [0.717, 1.165) is 0 Å². The van der Waals surface area contributed by atoms with Crippen LogP contribution in [0.25, 0.3) is 0 Å². The summed E-state index contributed by atoms with van der Waals surface area (Å²) in [5.41, 5.74) is 25.4. The quantitative estimate of drug-likeness (QED) is 0.454. The standard InChI is InChI=1S/C15H12Si3.C8H16Si2/c1-7-16(8-2)13-17(9-3,10-4)15-18(11-5,12-6)14-16;1-2-7(1)9-5-10(6-9)8-3-4-8/h1-6H,13-15H2;7-10H,1-6H2. The Morgan fingerprint density at radius 1 is 0.500 bits per heavy atom. The molecule has 0 aromatic carbocycles. The Labute approximate surface area is 178 Å². The summed E-state index contributed by atoms with van der Waals surface area (Å²) in [7, 11) is -7.08. The maximum Gasteiger partial charge on any atom is 0.214 e. The fourth-order valence-electron chi connectivity index (χ4n) is 5.08. The van der Waals surface area contributed by atoms with Gasteiger partial charge in [-0.15, -0.1) is 71.8 Å². The third-order valence-corrected chi connectivity index (χ3v) is 38.7. The molecule has 4 fully saturated rings. The molecule has 0 spiro atoms. The molecule has 2 aliphatic heterocycles. The van der Waals surface area contributed by atoms with Crippen LogP contribution >= 0.6 is 0 Å². The van der Waals surface area contributed by atoms with Crippen molar-refractivity contribution in [2.24, 2.45) is 0 Å². The first-order valence-corrected chi connectivity index (χ1v) is 22.1. The highest BCUT2D eigenvalue weighted by Crippen LogP contribution is 2.53. The monoisotopic (exact) mass is 444 g/mol. The molecule has 0 radical (unpaired) electrons. The third-order valence-electron chi connectivity index (χ3n) is 7.26. The van der Waals surface area contributed by atoms with E-state index in [-0.39, 0.29) is 17.6 Å². The van der Waals surface area contributed by atoms with Crippen molar-refractivity contribution in [3.8, 4) is 71.8 Å². The summed E-state index contributed by atoms with van der Waals surface area (Å²) in [4.78, 5) is 0. The lowest BCUT2D eigenvalue weighted by atomic mass is 11.0. The van der Waals surface area contributed by atoms with Crippen LogP contribution in [0.4, 0.5) is 0 Å². The topological polar surface area (TPSA) is 0 Å². The molecule has 28 heavy (non-hydrogen) atoms. The molecule has 0 aromatic heterocycles. The van der Waals surface area contributed by atoms with E-state index in [1.165, 1.54) is 11.1 Å². The maximum atomic E-state index is 5.65. The van der Waals surface area contributed by atoms with Crippen molar-refractivity contribution in [1.29, 1.82) is 0 Å². The summed E-state index contributed by atoms with van der Waals surface area (Å²) in [6.45, 7) is 0. The van der Waals surface area contributed by atoms with Crippen molar-refractivity contribution in [1.82, 2.24) is 0 Å². The van der Waals surface area contributed by atoms with Gasteiger partial charge in [0, 0.05) is 17.6 Å². The molecule has 0 amide bonds. The van der Waals surface area contributed by atoms with Crippen molar-refractivity contribution in [3.63, 3.8) is 0 Å². The smallest absolute Gasteiger partial charge is 0.126 e. The fraction of sp³-hybridized carbons (Fsp3) is 0.478. The summed E-state index contributed by atoms with van der Waals surface area (Å²) in [5, 5.41) is 0. The lowest BCUT2D eigenvalue weighted by molar-refractivity contribution is 1.24. The van der Waals surface area contributed by atoms with Gasteiger partial charge in [-0.3, -0.25) is 0 Å². The van der Waals surface area contributed by atoms with Gasteiger partial charge in [0.2, 0.25) is 24.2 Å². The molecule has 0 bridgehead atoms. The summed E-state index contributed by atoms with van der Waals surface area (Å²) in [6.07, 6.45) is 40.5. The lowest BCUT2D eigenvalue weighted by Gasteiger charge is -2.40. The van der Waals surface area contributed by atoms with Gasteiger partial charge in [0.1, 0.15) is 0 Å². The zero-order valence-electron chi connectivity index (χ0n) is 16.6. The first kappa shape index (κ1) is 21.2. The van der Waals surface area contributed by atoms with Crippen molar-refractivity contribution in [2.75, 3.05) is 0 Å². The Bertz CT molecular complexity index is 716. The molecule has 0 aromatic rings. The van der Waals surface area contributed by atoms with E-state index < -0.39 is 24.2 Å². The molecular weight excluding hydrogens is 417 g/mol. The van der Waals surface area contributed by atoms with Crippen LogP contribution in [0, 0.1) is 71.8 Å². The molecule has 140 valence electrons. The third kappa shape index (κ3) is 4.22. The van der Waals surface area contributed by atoms with E-state index in [1.54, 1.807) is 25.7 Å². The van der Waals surface area contributed by atoms with Gasteiger partial charge in [0.05, 0.1) is 0 Å².